The summed E-state index contributed by atoms with van der Waals surface area (Å²) in [5, 5.41) is 30.8. The summed E-state index contributed by atoms with van der Waals surface area (Å²) in [6.07, 6.45) is 9.26. The van der Waals surface area contributed by atoms with E-state index in [1.807, 2.05) is 0 Å². The van der Waals surface area contributed by atoms with Crippen LogP contribution in [0.25, 0.3) is 0 Å². The van der Waals surface area contributed by atoms with Gasteiger partial charge in [-0.15, -0.1) is 0 Å². The van der Waals surface area contributed by atoms with Crippen molar-refractivity contribution in [1.82, 2.24) is 0 Å². The molecule has 3 N–H and O–H groups in total. The predicted octanol–water partition coefficient (Wildman–Crippen LogP) is 4.48. The average Bonchev–Trinajstić information content (AvgIpc) is 3.00. The highest BCUT2D eigenvalue weighted by atomic mass is 16.4. The van der Waals surface area contributed by atoms with Gasteiger partial charge >= 0.3 is 5.97 Å². The lowest BCUT2D eigenvalue weighted by atomic mass is 9.43. The zero-order chi connectivity index (χ0) is 20.3. The monoisotopic (exact) mass is 392 g/mol. The number of carbonyl (C=O) groups is 1. The zero-order valence-corrected chi connectivity index (χ0v) is 17.9. The smallest absolute Gasteiger partial charge is 0.303 e. The highest BCUT2D eigenvalue weighted by molar-refractivity contribution is 5.66. The fourth-order valence-electron chi connectivity index (χ4n) is 8.71. The van der Waals surface area contributed by atoms with E-state index in [0.717, 1.165) is 38.5 Å². The molecule has 28 heavy (non-hydrogen) atoms. The van der Waals surface area contributed by atoms with Crippen molar-refractivity contribution in [2.45, 2.75) is 97.2 Å². The van der Waals surface area contributed by atoms with Crippen LogP contribution in [0.3, 0.4) is 0 Å². The van der Waals surface area contributed by atoms with Gasteiger partial charge in [0.25, 0.3) is 0 Å². The van der Waals surface area contributed by atoms with Gasteiger partial charge in [-0.05, 0) is 104 Å². The van der Waals surface area contributed by atoms with Crippen molar-refractivity contribution in [1.29, 1.82) is 0 Å². The molecule has 0 unspecified atom stereocenters. The third kappa shape index (κ3) is 3.05. The summed E-state index contributed by atoms with van der Waals surface area (Å²) in [5.41, 5.74) is 0.216. The molecule has 4 rings (SSSR count). The molecular weight excluding hydrogens is 352 g/mol. The Bertz CT molecular complexity index is 605. The van der Waals surface area contributed by atoms with Crippen LogP contribution in [0, 0.1) is 46.3 Å². The van der Waals surface area contributed by atoms with E-state index in [-0.39, 0.29) is 29.5 Å². The van der Waals surface area contributed by atoms with Crippen molar-refractivity contribution < 1.29 is 20.1 Å². The summed E-state index contributed by atoms with van der Waals surface area (Å²) in [6.45, 7) is 6.99. The van der Waals surface area contributed by atoms with Crippen molar-refractivity contribution in [2.75, 3.05) is 0 Å². The number of hydrogen-bond donors (Lipinski definition) is 3. The topological polar surface area (TPSA) is 77.8 Å². The summed E-state index contributed by atoms with van der Waals surface area (Å²) in [6, 6.07) is 0. The first-order valence-electron chi connectivity index (χ1n) is 11.8. The van der Waals surface area contributed by atoms with Gasteiger partial charge in [-0.2, -0.15) is 0 Å². The molecule has 0 radical (unpaired) electrons. The lowest BCUT2D eigenvalue weighted by Gasteiger charge is -2.62. The first kappa shape index (κ1) is 20.7. The molecule has 4 saturated carbocycles. The summed E-state index contributed by atoms with van der Waals surface area (Å²) < 4.78 is 0. The van der Waals surface area contributed by atoms with Gasteiger partial charge in [-0.1, -0.05) is 20.8 Å². The molecule has 160 valence electrons. The maximum absolute atomic E-state index is 11.5. The van der Waals surface area contributed by atoms with Crippen LogP contribution in [0.4, 0.5) is 0 Å². The third-order valence-electron chi connectivity index (χ3n) is 10.3. The molecule has 0 bridgehead atoms. The molecular formula is C24H40O4. The molecule has 0 spiro atoms. The Morgan fingerprint density at radius 3 is 2.50 bits per heavy atom. The van der Waals surface area contributed by atoms with E-state index in [0.29, 0.717) is 35.5 Å². The fraction of sp³-hybridized carbons (Fsp3) is 0.958. The van der Waals surface area contributed by atoms with Gasteiger partial charge in [0.1, 0.15) is 0 Å². The molecule has 0 aromatic rings. The number of fused-ring (bicyclic) bond motifs is 5. The normalized spacial score (nSPS) is 51.7. The number of aliphatic carboxylic acids is 1. The van der Waals surface area contributed by atoms with Crippen molar-refractivity contribution in [3.63, 3.8) is 0 Å². The van der Waals surface area contributed by atoms with E-state index in [4.69, 9.17) is 5.11 Å². The van der Waals surface area contributed by atoms with Crippen LogP contribution in [-0.2, 0) is 4.79 Å². The summed E-state index contributed by atoms with van der Waals surface area (Å²) in [5.74, 6) is 2.55. The number of aliphatic hydroxyl groups is 2. The Morgan fingerprint density at radius 2 is 1.79 bits per heavy atom. The minimum absolute atomic E-state index is 0.0591. The Labute approximate surface area is 170 Å². The minimum Gasteiger partial charge on any atom is -0.481 e. The number of rotatable bonds is 4. The second kappa shape index (κ2) is 7.27. The van der Waals surface area contributed by atoms with E-state index in [1.54, 1.807) is 0 Å². The largest absolute Gasteiger partial charge is 0.481 e. The van der Waals surface area contributed by atoms with Gasteiger partial charge in [-0.25, -0.2) is 0 Å². The summed E-state index contributed by atoms with van der Waals surface area (Å²) in [7, 11) is 0. The average molecular weight is 393 g/mol. The van der Waals surface area contributed by atoms with Crippen LogP contribution in [-0.4, -0.2) is 33.5 Å². The third-order valence-corrected chi connectivity index (χ3v) is 10.3. The highest BCUT2D eigenvalue weighted by Gasteiger charge is 2.63. The van der Waals surface area contributed by atoms with E-state index in [1.165, 1.54) is 19.3 Å². The number of hydrogen-bond acceptors (Lipinski definition) is 3. The standard InChI is InChI=1S/C24H40O4/c1-14(4-9-22(27)28)18-7-8-19-17-6-5-15-12-16(25)10-11-23(15,2)20(17)13-21(26)24(18,19)3/h14-21,25-26H,4-13H2,1-3H3,(H,27,28)/t14-,15+,16-,17+,18+,19-,20-,21-,23+,24-/m1/s1. The van der Waals surface area contributed by atoms with Crippen LogP contribution in [0.15, 0.2) is 0 Å². The first-order chi connectivity index (χ1) is 13.2. The molecule has 0 aliphatic heterocycles. The maximum atomic E-state index is 11.5. The van der Waals surface area contributed by atoms with Crippen molar-refractivity contribution in [2.24, 2.45) is 46.3 Å². The quantitative estimate of drug-likeness (QED) is 0.659. The van der Waals surface area contributed by atoms with E-state index in [9.17, 15) is 15.0 Å². The minimum atomic E-state index is -0.707. The van der Waals surface area contributed by atoms with Crippen LogP contribution >= 0.6 is 0 Å². The predicted molar refractivity (Wildman–Crippen MR) is 109 cm³/mol. The molecule has 0 saturated heterocycles. The Kier molecular flexibility index (Phi) is 5.36. The van der Waals surface area contributed by atoms with Gasteiger partial charge in [0.05, 0.1) is 12.2 Å². The number of aliphatic hydroxyl groups excluding tert-OH is 2. The molecule has 0 aromatic heterocycles. The van der Waals surface area contributed by atoms with Crippen molar-refractivity contribution >= 4 is 5.97 Å². The molecule has 10 atom stereocenters. The van der Waals surface area contributed by atoms with E-state index < -0.39 is 5.97 Å². The molecule has 4 aliphatic rings. The van der Waals surface area contributed by atoms with E-state index in [2.05, 4.69) is 20.8 Å². The molecule has 0 amide bonds. The lowest BCUT2D eigenvalue weighted by molar-refractivity contribution is -0.175. The molecule has 4 aliphatic carbocycles. The fourth-order valence-corrected chi connectivity index (χ4v) is 8.71. The van der Waals surface area contributed by atoms with Gasteiger partial charge < -0.3 is 15.3 Å². The molecule has 4 fully saturated rings. The van der Waals surface area contributed by atoms with Gasteiger partial charge in [0.2, 0.25) is 0 Å². The van der Waals surface area contributed by atoms with Gasteiger partial charge in [-0.3, -0.25) is 4.79 Å². The number of carboxylic acids is 1. The molecule has 4 heteroatoms. The molecule has 0 aromatic carbocycles. The first-order valence-corrected chi connectivity index (χ1v) is 11.8. The van der Waals surface area contributed by atoms with Crippen LogP contribution < -0.4 is 0 Å². The van der Waals surface area contributed by atoms with Crippen molar-refractivity contribution in [3.8, 4) is 0 Å². The summed E-state index contributed by atoms with van der Waals surface area (Å²) >= 11 is 0. The second-order valence-electron chi connectivity index (χ2n) is 11.3. The maximum Gasteiger partial charge on any atom is 0.303 e. The van der Waals surface area contributed by atoms with E-state index >= 15 is 0 Å². The van der Waals surface area contributed by atoms with Gasteiger partial charge in [0.15, 0.2) is 0 Å². The highest BCUT2D eigenvalue weighted by Crippen LogP contribution is 2.68. The Morgan fingerprint density at radius 1 is 1.04 bits per heavy atom. The number of carboxylic acid groups (broad SMARTS) is 1. The van der Waals surface area contributed by atoms with Crippen LogP contribution in [0.1, 0.15) is 85.0 Å². The SMILES string of the molecule is C[C@H](CCC(=O)O)[C@@H]1CC[C@@H]2[C@@H]3CC[C@H]4C[C@H](O)CC[C@]4(C)[C@@H]3C[C@@H](O)[C@@]21C. The Hall–Kier alpha value is -0.610. The van der Waals surface area contributed by atoms with Crippen LogP contribution in [0.2, 0.25) is 0 Å². The van der Waals surface area contributed by atoms with Gasteiger partial charge in [0, 0.05) is 6.42 Å². The molecule has 4 nitrogen and oxygen atoms in total. The Balaban J connectivity index is 1.56. The zero-order valence-electron chi connectivity index (χ0n) is 17.9. The van der Waals surface area contributed by atoms with Crippen molar-refractivity contribution in [3.05, 3.63) is 0 Å². The van der Waals surface area contributed by atoms with Crippen LogP contribution in [0.5, 0.6) is 0 Å². The lowest BCUT2D eigenvalue weighted by Crippen LogP contribution is -2.58. The summed E-state index contributed by atoms with van der Waals surface area (Å²) in [4.78, 5) is 11.1. The second-order valence-corrected chi connectivity index (χ2v) is 11.3. The molecule has 0 heterocycles.